The SMILES string of the molecule is CC(C)C1CCCC2C[C@@H](C(C)C)C(O)C2C1O.Cc1[c-]c(-c2cc3ccccc3cn2)cc(C)c1.[Ir]. The Morgan fingerprint density at radius 1 is 0.865 bits per heavy atom. The normalized spacial score (nSPS) is 27.3. The maximum Gasteiger partial charge on any atom is 0.0626 e. The second-order valence-corrected chi connectivity index (χ2v) is 12.0. The molecule has 0 amide bonds. The van der Waals surface area contributed by atoms with Crippen molar-refractivity contribution in [2.45, 2.75) is 79.4 Å². The number of aliphatic hydroxyl groups excluding tert-OH is 2. The molecule has 203 valence electrons. The summed E-state index contributed by atoms with van der Waals surface area (Å²) in [6.07, 6.45) is 6.01. The fraction of sp³-hybridized carbons (Fsp3) is 0.545. The quantitative estimate of drug-likeness (QED) is 0.284. The number of aliphatic hydroxyl groups is 2. The summed E-state index contributed by atoms with van der Waals surface area (Å²) < 4.78 is 0. The molecule has 2 aromatic carbocycles. The van der Waals surface area contributed by atoms with Crippen molar-refractivity contribution in [1.82, 2.24) is 4.98 Å². The van der Waals surface area contributed by atoms with Crippen LogP contribution in [0, 0.1) is 55.4 Å². The monoisotopic (exact) mass is 679 g/mol. The van der Waals surface area contributed by atoms with Crippen molar-refractivity contribution < 1.29 is 30.3 Å². The molecule has 3 nitrogen and oxygen atoms in total. The molecule has 0 saturated heterocycles. The molecule has 1 aromatic heterocycles. The van der Waals surface area contributed by atoms with Gasteiger partial charge in [-0.3, -0.25) is 0 Å². The topological polar surface area (TPSA) is 53.4 Å². The zero-order valence-electron chi connectivity index (χ0n) is 23.2. The van der Waals surface area contributed by atoms with E-state index < -0.39 is 0 Å². The fourth-order valence-corrected chi connectivity index (χ4v) is 6.73. The van der Waals surface area contributed by atoms with Gasteiger partial charge >= 0.3 is 0 Å². The number of benzene rings is 2. The molecule has 6 atom stereocenters. The largest absolute Gasteiger partial charge is 0.392 e. The van der Waals surface area contributed by atoms with E-state index in [2.05, 4.69) is 89.0 Å². The number of aromatic nitrogens is 1. The number of aryl methyl sites for hydroxylation is 2. The van der Waals surface area contributed by atoms with Crippen LogP contribution in [-0.4, -0.2) is 27.4 Å². The van der Waals surface area contributed by atoms with Crippen LogP contribution in [0.3, 0.4) is 0 Å². The summed E-state index contributed by atoms with van der Waals surface area (Å²) in [4.78, 5) is 4.53. The zero-order valence-corrected chi connectivity index (χ0v) is 25.6. The first-order chi connectivity index (χ1) is 17.2. The summed E-state index contributed by atoms with van der Waals surface area (Å²) in [5.74, 6) is 2.49. The minimum Gasteiger partial charge on any atom is -0.392 e. The Morgan fingerprint density at radius 3 is 2.16 bits per heavy atom. The van der Waals surface area contributed by atoms with Gasteiger partial charge < -0.3 is 15.2 Å². The molecule has 2 aliphatic rings. The maximum atomic E-state index is 10.7. The Balaban J connectivity index is 0.000000200. The molecule has 1 radical (unpaired) electrons. The third-order valence-corrected chi connectivity index (χ3v) is 8.67. The van der Waals surface area contributed by atoms with Crippen LogP contribution >= 0.6 is 0 Å². The van der Waals surface area contributed by atoms with Crippen molar-refractivity contribution in [2.75, 3.05) is 0 Å². The summed E-state index contributed by atoms with van der Waals surface area (Å²) >= 11 is 0. The van der Waals surface area contributed by atoms with Gasteiger partial charge in [0.2, 0.25) is 0 Å². The minimum absolute atomic E-state index is 0. The molecule has 0 aliphatic heterocycles. The summed E-state index contributed by atoms with van der Waals surface area (Å²) in [5, 5.41) is 23.7. The number of pyridine rings is 1. The van der Waals surface area contributed by atoms with Crippen molar-refractivity contribution in [3.05, 3.63) is 65.9 Å². The Hall–Kier alpha value is -1.58. The van der Waals surface area contributed by atoms with Crippen LogP contribution < -0.4 is 0 Å². The number of rotatable bonds is 3. The van der Waals surface area contributed by atoms with Gasteiger partial charge in [-0.05, 0) is 65.3 Å². The summed E-state index contributed by atoms with van der Waals surface area (Å²) in [6.45, 7) is 13.0. The van der Waals surface area contributed by atoms with Crippen molar-refractivity contribution >= 4 is 10.8 Å². The Morgan fingerprint density at radius 2 is 1.51 bits per heavy atom. The van der Waals surface area contributed by atoms with Crippen molar-refractivity contribution in [3.63, 3.8) is 0 Å². The standard InChI is InChI=1S/C17H14N.C16H30O2.Ir/c1-12-7-13(2)9-16(8-12)17-10-14-5-3-4-6-15(14)11-18-17;1-9(2)12-7-5-6-11-8-13(10(3)4)16(18)14(11)15(12)17;/h3-8,10-11H,1-2H3;9-18H,5-8H2,1-4H3;/q-1;;/t;11?,12?,13-,14?,15?,16?;/m.0./s1. The summed E-state index contributed by atoms with van der Waals surface area (Å²) in [7, 11) is 0. The molecule has 0 bridgehead atoms. The first-order valence-electron chi connectivity index (χ1n) is 13.9. The molecular formula is C33H44IrNO2-. The molecule has 2 N–H and O–H groups in total. The Kier molecular flexibility index (Phi) is 10.5. The molecule has 2 fully saturated rings. The van der Waals surface area contributed by atoms with Crippen LogP contribution in [0.5, 0.6) is 0 Å². The van der Waals surface area contributed by atoms with E-state index in [1.54, 1.807) is 0 Å². The molecule has 5 unspecified atom stereocenters. The number of hydrogen-bond acceptors (Lipinski definition) is 3. The predicted octanol–water partition coefficient (Wildman–Crippen LogP) is 7.39. The van der Waals surface area contributed by atoms with Gasteiger partial charge in [-0.15, -0.1) is 34.9 Å². The average Bonchev–Trinajstić information content (AvgIpc) is 3.07. The van der Waals surface area contributed by atoms with Gasteiger partial charge in [0, 0.05) is 32.2 Å². The van der Waals surface area contributed by atoms with Crippen LogP contribution in [0.1, 0.15) is 64.5 Å². The van der Waals surface area contributed by atoms with Gasteiger partial charge in [-0.1, -0.05) is 78.3 Å². The molecule has 4 heteroatoms. The molecule has 37 heavy (non-hydrogen) atoms. The van der Waals surface area contributed by atoms with Gasteiger partial charge in [-0.2, -0.15) is 0 Å². The second-order valence-electron chi connectivity index (χ2n) is 12.0. The van der Waals surface area contributed by atoms with E-state index >= 15 is 0 Å². The van der Waals surface area contributed by atoms with Gasteiger partial charge in [0.25, 0.3) is 0 Å². The van der Waals surface area contributed by atoms with E-state index in [9.17, 15) is 10.2 Å². The van der Waals surface area contributed by atoms with E-state index in [1.165, 1.54) is 29.2 Å². The van der Waals surface area contributed by atoms with Crippen LogP contribution in [-0.2, 0) is 20.1 Å². The second kappa shape index (κ2) is 13.0. The third-order valence-electron chi connectivity index (χ3n) is 8.67. The van der Waals surface area contributed by atoms with E-state index in [1.807, 2.05) is 12.3 Å². The van der Waals surface area contributed by atoms with Crippen molar-refractivity contribution in [3.8, 4) is 11.3 Å². The first-order valence-corrected chi connectivity index (χ1v) is 13.9. The van der Waals surface area contributed by atoms with Crippen molar-refractivity contribution in [1.29, 1.82) is 0 Å². The Bertz CT molecular complexity index is 1140. The minimum atomic E-state index is -0.295. The molecule has 5 rings (SSSR count). The fourth-order valence-electron chi connectivity index (χ4n) is 6.73. The van der Waals surface area contributed by atoms with E-state index in [0.29, 0.717) is 29.6 Å². The maximum absolute atomic E-state index is 10.7. The molecule has 3 aromatic rings. The van der Waals surface area contributed by atoms with Gasteiger partial charge in [0.05, 0.1) is 12.2 Å². The average molecular weight is 679 g/mol. The van der Waals surface area contributed by atoms with Gasteiger partial charge in [0.1, 0.15) is 0 Å². The van der Waals surface area contributed by atoms with Crippen LogP contribution in [0.4, 0.5) is 0 Å². The molecule has 2 saturated carbocycles. The van der Waals surface area contributed by atoms with Crippen LogP contribution in [0.2, 0.25) is 0 Å². The zero-order chi connectivity index (χ0) is 26.0. The number of fused-ring (bicyclic) bond motifs is 2. The summed E-state index contributed by atoms with van der Waals surface area (Å²) in [6, 6.07) is 18.0. The number of hydrogen-bond donors (Lipinski definition) is 2. The third kappa shape index (κ3) is 6.90. The Labute approximate surface area is 237 Å². The molecule has 2 aliphatic carbocycles. The van der Waals surface area contributed by atoms with E-state index in [4.69, 9.17) is 0 Å². The van der Waals surface area contributed by atoms with Gasteiger partial charge in [-0.25, -0.2) is 0 Å². The van der Waals surface area contributed by atoms with Crippen molar-refractivity contribution in [2.24, 2.45) is 35.5 Å². The molecule has 0 spiro atoms. The van der Waals surface area contributed by atoms with Gasteiger partial charge in [0.15, 0.2) is 0 Å². The van der Waals surface area contributed by atoms with E-state index in [0.717, 1.165) is 29.7 Å². The summed E-state index contributed by atoms with van der Waals surface area (Å²) in [5.41, 5.74) is 4.45. The molecule has 1 heterocycles. The van der Waals surface area contributed by atoms with Crippen LogP contribution in [0.15, 0.2) is 48.7 Å². The predicted molar refractivity (Wildman–Crippen MR) is 150 cm³/mol. The number of nitrogens with zero attached hydrogens (tertiary/aromatic N) is 1. The van der Waals surface area contributed by atoms with Crippen LogP contribution in [0.25, 0.3) is 22.0 Å². The first kappa shape index (κ1) is 30.0. The smallest absolute Gasteiger partial charge is 0.0626 e. The van der Waals surface area contributed by atoms with E-state index in [-0.39, 0.29) is 38.2 Å². The molecular weight excluding hydrogens is 635 g/mol.